The molecule has 0 spiro atoms. The van der Waals surface area contributed by atoms with Crippen molar-refractivity contribution in [2.24, 2.45) is 4.99 Å². The molecular formula is C24H27FN4O3S. The van der Waals surface area contributed by atoms with Crippen molar-refractivity contribution in [3.05, 3.63) is 64.5 Å². The van der Waals surface area contributed by atoms with Crippen molar-refractivity contribution in [2.45, 2.75) is 13.0 Å². The number of benzene rings is 2. The zero-order valence-electron chi connectivity index (χ0n) is 18.2. The number of aromatic nitrogens is 1. The summed E-state index contributed by atoms with van der Waals surface area (Å²) in [6, 6.07) is 14.6. The molecule has 174 valence electrons. The molecule has 0 unspecified atom stereocenters. The van der Waals surface area contributed by atoms with E-state index in [9.17, 15) is 9.18 Å². The Morgan fingerprint density at radius 2 is 1.85 bits per heavy atom. The Balaban J connectivity index is 1.58. The van der Waals surface area contributed by atoms with E-state index >= 15 is 0 Å². The standard InChI is InChI=1S/C24H27FN4O3S/c25-19-4-6-20(7-5-19)27-24-29(11-1-10-26-16-23(30)31)22(17-33-24)18-2-8-21(9-3-18)28-12-14-32-15-13-28/h2-9,17,26H,1,10-16H2,(H,30,31). The van der Waals surface area contributed by atoms with Gasteiger partial charge in [-0.15, -0.1) is 11.3 Å². The van der Waals surface area contributed by atoms with Crippen LogP contribution in [0.3, 0.4) is 0 Å². The lowest BCUT2D eigenvalue weighted by Crippen LogP contribution is -2.36. The molecule has 2 aromatic carbocycles. The molecule has 0 saturated carbocycles. The van der Waals surface area contributed by atoms with Crippen LogP contribution in [0.5, 0.6) is 0 Å². The number of carboxylic acid groups (broad SMARTS) is 1. The molecule has 1 fully saturated rings. The number of hydrogen-bond acceptors (Lipinski definition) is 6. The van der Waals surface area contributed by atoms with Gasteiger partial charge < -0.3 is 24.6 Å². The van der Waals surface area contributed by atoms with Gasteiger partial charge in [-0.1, -0.05) is 12.1 Å². The molecule has 3 aromatic rings. The quantitative estimate of drug-likeness (QED) is 0.468. The summed E-state index contributed by atoms with van der Waals surface area (Å²) in [5.41, 5.74) is 4.00. The summed E-state index contributed by atoms with van der Waals surface area (Å²) in [7, 11) is 0. The van der Waals surface area contributed by atoms with Gasteiger partial charge in [-0.2, -0.15) is 0 Å². The first-order chi connectivity index (χ1) is 16.1. The van der Waals surface area contributed by atoms with Crippen LogP contribution in [-0.4, -0.2) is 55.0 Å². The van der Waals surface area contributed by atoms with Crippen molar-refractivity contribution in [1.82, 2.24) is 9.88 Å². The van der Waals surface area contributed by atoms with Crippen molar-refractivity contribution < 1.29 is 19.0 Å². The monoisotopic (exact) mass is 470 g/mol. The van der Waals surface area contributed by atoms with Crippen molar-refractivity contribution in [2.75, 3.05) is 44.3 Å². The van der Waals surface area contributed by atoms with Crippen LogP contribution in [0.2, 0.25) is 0 Å². The number of ether oxygens (including phenoxy) is 1. The van der Waals surface area contributed by atoms with E-state index in [0.717, 1.165) is 48.8 Å². The number of hydrogen-bond donors (Lipinski definition) is 2. The lowest BCUT2D eigenvalue weighted by Gasteiger charge is -2.28. The molecule has 33 heavy (non-hydrogen) atoms. The number of morpholine rings is 1. The summed E-state index contributed by atoms with van der Waals surface area (Å²) >= 11 is 1.53. The van der Waals surface area contributed by atoms with Crippen LogP contribution >= 0.6 is 11.3 Å². The molecule has 2 N–H and O–H groups in total. The second-order valence-corrected chi connectivity index (χ2v) is 8.55. The van der Waals surface area contributed by atoms with Crippen LogP contribution in [0, 0.1) is 5.82 Å². The van der Waals surface area contributed by atoms with E-state index in [4.69, 9.17) is 14.8 Å². The second-order valence-electron chi connectivity index (χ2n) is 7.71. The highest BCUT2D eigenvalue weighted by molar-refractivity contribution is 7.07. The minimum absolute atomic E-state index is 0.0586. The van der Waals surface area contributed by atoms with Gasteiger partial charge in [0, 0.05) is 30.7 Å². The molecule has 9 heteroatoms. The maximum absolute atomic E-state index is 13.3. The lowest BCUT2D eigenvalue weighted by atomic mass is 10.1. The molecule has 1 aliphatic rings. The zero-order valence-corrected chi connectivity index (χ0v) is 19.1. The highest BCUT2D eigenvalue weighted by Gasteiger charge is 2.13. The number of aliphatic carboxylic acids is 1. The van der Waals surface area contributed by atoms with Crippen LogP contribution in [0.25, 0.3) is 11.3 Å². The fourth-order valence-electron chi connectivity index (χ4n) is 3.71. The molecule has 0 atom stereocenters. The van der Waals surface area contributed by atoms with E-state index in [-0.39, 0.29) is 12.4 Å². The second kappa shape index (κ2) is 11.2. The maximum Gasteiger partial charge on any atom is 0.317 e. The van der Waals surface area contributed by atoms with Crippen LogP contribution in [0.4, 0.5) is 15.8 Å². The predicted molar refractivity (Wildman–Crippen MR) is 128 cm³/mol. The minimum atomic E-state index is -0.869. The largest absolute Gasteiger partial charge is 0.480 e. The Hall–Kier alpha value is -3.01. The number of nitrogens with zero attached hydrogens (tertiary/aromatic N) is 3. The van der Waals surface area contributed by atoms with Gasteiger partial charge in [0.1, 0.15) is 5.82 Å². The fourth-order valence-corrected chi connectivity index (χ4v) is 4.67. The summed E-state index contributed by atoms with van der Waals surface area (Å²) in [5.74, 6) is -1.16. The predicted octanol–water partition coefficient (Wildman–Crippen LogP) is 3.49. The van der Waals surface area contributed by atoms with E-state index in [1.165, 1.54) is 29.2 Å². The number of carboxylic acids is 1. The fraction of sp³-hybridized carbons (Fsp3) is 0.333. The number of thiazole rings is 1. The van der Waals surface area contributed by atoms with Gasteiger partial charge in [-0.25, -0.2) is 9.38 Å². The molecule has 1 saturated heterocycles. The number of carbonyl (C=O) groups is 1. The lowest BCUT2D eigenvalue weighted by molar-refractivity contribution is -0.135. The minimum Gasteiger partial charge on any atom is -0.480 e. The molecule has 2 heterocycles. The summed E-state index contributed by atoms with van der Waals surface area (Å²) in [5, 5.41) is 13.8. The van der Waals surface area contributed by atoms with Crippen molar-refractivity contribution in [1.29, 1.82) is 0 Å². The normalized spacial score (nSPS) is 14.6. The molecular weight excluding hydrogens is 443 g/mol. The molecule has 0 amide bonds. The van der Waals surface area contributed by atoms with Gasteiger partial charge in [0.05, 0.1) is 31.1 Å². The van der Waals surface area contributed by atoms with Gasteiger partial charge >= 0.3 is 5.97 Å². The Bertz CT molecular complexity index is 1120. The molecule has 0 aliphatic carbocycles. The third-order valence-corrected chi connectivity index (χ3v) is 6.26. The van der Waals surface area contributed by atoms with Crippen LogP contribution in [0.15, 0.2) is 58.9 Å². The molecule has 1 aliphatic heterocycles. The number of nitrogens with one attached hydrogen (secondary N) is 1. The van der Waals surface area contributed by atoms with Crippen molar-refractivity contribution >= 4 is 28.7 Å². The molecule has 4 rings (SSSR count). The van der Waals surface area contributed by atoms with E-state index in [1.807, 2.05) is 0 Å². The third kappa shape index (κ3) is 6.28. The summed E-state index contributed by atoms with van der Waals surface area (Å²) in [6.45, 7) is 4.48. The highest BCUT2D eigenvalue weighted by atomic mass is 32.1. The number of halogens is 1. The average Bonchev–Trinajstić information content (AvgIpc) is 3.23. The first-order valence-corrected chi connectivity index (χ1v) is 11.8. The number of anilines is 1. The molecule has 0 bridgehead atoms. The Morgan fingerprint density at radius 1 is 1.12 bits per heavy atom. The topological polar surface area (TPSA) is 79.1 Å². The van der Waals surface area contributed by atoms with E-state index < -0.39 is 5.97 Å². The van der Waals surface area contributed by atoms with Crippen molar-refractivity contribution in [3.8, 4) is 11.3 Å². The first kappa shape index (κ1) is 23.2. The van der Waals surface area contributed by atoms with Gasteiger partial charge in [-0.05, 0) is 54.9 Å². The van der Waals surface area contributed by atoms with E-state index in [1.54, 1.807) is 12.1 Å². The van der Waals surface area contributed by atoms with Gasteiger partial charge in [0.25, 0.3) is 0 Å². The van der Waals surface area contributed by atoms with Crippen molar-refractivity contribution in [3.63, 3.8) is 0 Å². The zero-order chi connectivity index (χ0) is 23.0. The van der Waals surface area contributed by atoms with Gasteiger partial charge in [0.2, 0.25) is 0 Å². The Morgan fingerprint density at radius 3 is 2.55 bits per heavy atom. The van der Waals surface area contributed by atoms with Gasteiger partial charge in [-0.3, -0.25) is 4.79 Å². The van der Waals surface area contributed by atoms with E-state index in [0.29, 0.717) is 18.8 Å². The molecule has 1 aromatic heterocycles. The highest BCUT2D eigenvalue weighted by Crippen LogP contribution is 2.25. The summed E-state index contributed by atoms with van der Waals surface area (Å²) in [4.78, 5) is 18.6. The van der Waals surface area contributed by atoms with Crippen LogP contribution < -0.4 is 15.0 Å². The Kier molecular flexibility index (Phi) is 7.87. The summed E-state index contributed by atoms with van der Waals surface area (Å²) in [6.07, 6.45) is 0.749. The average molecular weight is 471 g/mol. The van der Waals surface area contributed by atoms with Crippen LogP contribution in [-0.2, 0) is 16.1 Å². The Labute approximate surface area is 195 Å². The van der Waals surface area contributed by atoms with Gasteiger partial charge in [0.15, 0.2) is 4.80 Å². The third-order valence-electron chi connectivity index (χ3n) is 5.40. The van der Waals surface area contributed by atoms with Crippen LogP contribution in [0.1, 0.15) is 6.42 Å². The maximum atomic E-state index is 13.3. The number of rotatable bonds is 9. The summed E-state index contributed by atoms with van der Waals surface area (Å²) < 4.78 is 20.9. The first-order valence-electron chi connectivity index (χ1n) is 10.9. The molecule has 7 nitrogen and oxygen atoms in total. The SMILES string of the molecule is O=C(O)CNCCCn1c(-c2ccc(N3CCOCC3)cc2)csc1=Nc1ccc(F)cc1. The molecule has 0 radical (unpaired) electrons. The smallest absolute Gasteiger partial charge is 0.317 e. The van der Waals surface area contributed by atoms with E-state index in [2.05, 4.69) is 44.4 Å².